The number of thiocarbonyl (C=S) groups is 1. The molecule has 0 unspecified atom stereocenters. The maximum Gasteiger partial charge on any atom is 0.270 e. The highest BCUT2D eigenvalue weighted by molar-refractivity contribution is 7.80. The fraction of sp³-hybridized carbons (Fsp3) is 0.125. The molecule has 9 heteroatoms. The first kappa shape index (κ1) is 22.1. The molecule has 1 aliphatic rings. The van der Waals surface area contributed by atoms with Crippen LogP contribution in [0.3, 0.4) is 0 Å². The van der Waals surface area contributed by atoms with Crippen molar-refractivity contribution in [3.05, 3.63) is 87.7 Å². The van der Waals surface area contributed by atoms with Crippen molar-refractivity contribution in [2.45, 2.75) is 19.8 Å². The van der Waals surface area contributed by atoms with E-state index < -0.39 is 16.7 Å². The molecule has 0 atom stereocenters. The number of nitrogens with one attached hydrogen (secondary N) is 1. The number of hydrogen-bond donors (Lipinski definition) is 1. The van der Waals surface area contributed by atoms with Gasteiger partial charge in [-0.2, -0.15) is 0 Å². The monoisotopic (exact) mass is 461 g/mol. The van der Waals surface area contributed by atoms with Crippen LogP contribution in [0.4, 0.5) is 11.4 Å². The largest absolute Gasteiger partial charge is 0.457 e. The molecule has 1 aliphatic heterocycles. The number of anilines is 1. The Labute approximate surface area is 194 Å². The quantitative estimate of drug-likeness (QED) is 0.192. The number of nitrogens with zero attached hydrogens (tertiary/aromatic N) is 2. The summed E-state index contributed by atoms with van der Waals surface area (Å²) in [6.07, 6.45) is 1.35. The summed E-state index contributed by atoms with van der Waals surface area (Å²) in [4.78, 5) is 37.3. The van der Waals surface area contributed by atoms with E-state index in [-0.39, 0.29) is 22.1 Å². The Morgan fingerprint density at radius 2 is 1.70 bits per heavy atom. The molecule has 1 fully saturated rings. The Bertz CT molecular complexity index is 1290. The Morgan fingerprint density at radius 3 is 2.30 bits per heavy atom. The van der Waals surface area contributed by atoms with Gasteiger partial charge in [-0.25, -0.2) is 0 Å². The van der Waals surface area contributed by atoms with Crippen LogP contribution in [0.5, 0.6) is 0 Å². The van der Waals surface area contributed by atoms with Crippen molar-refractivity contribution in [2.75, 3.05) is 4.90 Å². The lowest BCUT2D eigenvalue weighted by molar-refractivity contribution is -0.384. The number of rotatable bonds is 5. The molecule has 2 heterocycles. The third-order valence-corrected chi connectivity index (χ3v) is 5.48. The molecular formula is C24H19N3O5S. The van der Waals surface area contributed by atoms with E-state index in [9.17, 15) is 19.7 Å². The normalized spacial score (nSPS) is 15.3. The number of carbonyl (C=O) groups is 2. The third-order valence-electron chi connectivity index (χ3n) is 5.20. The van der Waals surface area contributed by atoms with Crippen LogP contribution in [-0.4, -0.2) is 21.9 Å². The molecule has 33 heavy (non-hydrogen) atoms. The van der Waals surface area contributed by atoms with Crippen LogP contribution in [0.15, 0.2) is 70.7 Å². The molecule has 2 amide bonds. The molecule has 0 bridgehead atoms. The van der Waals surface area contributed by atoms with Gasteiger partial charge in [0.2, 0.25) is 0 Å². The van der Waals surface area contributed by atoms with Gasteiger partial charge in [0, 0.05) is 17.7 Å². The van der Waals surface area contributed by atoms with E-state index in [4.69, 9.17) is 16.6 Å². The molecule has 4 rings (SSSR count). The van der Waals surface area contributed by atoms with Crippen molar-refractivity contribution in [1.29, 1.82) is 0 Å². The summed E-state index contributed by atoms with van der Waals surface area (Å²) < 4.78 is 5.75. The molecule has 0 spiro atoms. The van der Waals surface area contributed by atoms with Crippen LogP contribution < -0.4 is 10.2 Å². The minimum atomic E-state index is -0.617. The second-order valence-corrected chi connectivity index (χ2v) is 8.10. The van der Waals surface area contributed by atoms with E-state index in [0.717, 1.165) is 5.56 Å². The molecule has 3 aromatic rings. The number of benzene rings is 2. The predicted molar refractivity (Wildman–Crippen MR) is 128 cm³/mol. The molecule has 2 aromatic carbocycles. The van der Waals surface area contributed by atoms with E-state index in [1.54, 1.807) is 36.4 Å². The Hall–Kier alpha value is -4.11. The Balaban J connectivity index is 1.62. The molecular weight excluding hydrogens is 442 g/mol. The van der Waals surface area contributed by atoms with E-state index in [1.165, 1.54) is 23.1 Å². The van der Waals surface area contributed by atoms with Gasteiger partial charge < -0.3 is 4.42 Å². The average molecular weight is 461 g/mol. The second kappa shape index (κ2) is 8.79. The predicted octanol–water partition coefficient (Wildman–Crippen LogP) is 4.81. The van der Waals surface area contributed by atoms with E-state index in [0.29, 0.717) is 22.9 Å². The van der Waals surface area contributed by atoms with Crippen molar-refractivity contribution < 1.29 is 18.9 Å². The molecule has 166 valence electrons. The summed E-state index contributed by atoms with van der Waals surface area (Å²) in [5.41, 5.74) is 2.13. The van der Waals surface area contributed by atoms with Gasteiger partial charge in [-0.1, -0.05) is 26.0 Å². The number of hydrogen-bond acceptors (Lipinski definition) is 6. The topological polar surface area (TPSA) is 106 Å². The minimum Gasteiger partial charge on any atom is -0.457 e. The average Bonchev–Trinajstić information content (AvgIpc) is 3.25. The Morgan fingerprint density at radius 1 is 1.03 bits per heavy atom. The molecule has 0 aliphatic carbocycles. The maximum absolute atomic E-state index is 13.2. The summed E-state index contributed by atoms with van der Waals surface area (Å²) >= 11 is 5.24. The number of amides is 2. The van der Waals surface area contributed by atoms with Gasteiger partial charge in [-0.15, -0.1) is 0 Å². The van der Waals surface area contributed by atoms with Crippen LogP contribution >= 0.6 is 12.2 Å². The zero-order valence-corrected chi connectivity index (χ0v) is 18.6. The molecule has 8 nitrogen and oxygen atoms in total. The highest BCUT2D eigenvalue weighted by atomic mass is 32.1. The van der Waals surface area contributed by atoms with Gasteiger partial charge in [0.1, 0.15) is 17.1 Å². The van der Waals surface area contributed by atoms with Crippen LogP contribution in [0.2, 0.25) is 0 Å². The molecule has 0 radical (unpaired) electrons. The third kappa shape index (κ3) is 4.44. The Kier molecular flexibility index (Phi) is 5.89. The van der Waals surface area contributed by atoms with E-state index in [1.807, 2.05) is 12.1 Å². The summed E-state index contributed by atoms with van der Waals surface area (Å²) in [5.74, 6) is -0.119. The smallest absolute Gasteiger partial charge is 0.270 e. The molecule has 1 saturated heterocycles. The van der Waals surface area contributed by atoms with Gasteiger partial charge >= 0.3 is 0 Å². The summed E-state index contributed by atoms with van der Waals surface area (Å²) in [7, 11) is 0. The van der Waals surface area contributed by atoms with Crippen molar-refractivity contribution in [3.63, 3.8) is 0 Å². The highest BCUT2D eigenvalue weighted by Gasteiger charge is 2.34. The van der Waals surface area contributed by atoms with Gasteiger partial charge in [0.25, 0.3) is 17.5 Å². The molecule has 1 N–H and O–H groups in total. The lowest BCUT2D eigenvalue weighted by Crippen LogP contribution is -2.54. The summed E-state index contributed by atoms with van der Waals surface area (Å²) in [6.45, 7) is 4.14. The first-order valence-electron chi connectivity index (χ1n) is 10.1. The van der Waals surface area contributed by atoms with Crippen molar-refractivity contribution in [3.8, 4) is 11.3 Å². The SMILES string of the molecule is CC(C)c1ccc(N2C(=O)/C(=C\c3ccc(-c4ccc([N+](=O)[O-])cc4)o3)C(=O)NC2=S)cc1. The van der Waals surface area contributed by atoms with Gasteiger partial charge in [0.05, 0.1) is 10.6 Å². The fourth-order valence-electron chi connectivity index (χ4n) is 3.38. The first-order chi connectivity index (χ1) is 15.7. The zero-order chi connectivity index (χ0) is 23.7. The first-order valence-corrected chi connectivity index (χ1v) is 10.5. The molecule has 1 aromatic heterocycles. The number of nitro groups is 1. The number of nitro benzene ring substituents is 1. The lowest BCUT2D eigenvalue weighted by atomic mass is 10.0. The molecule has 0 saturated carbocycles. The summed E-state index contributed by atoms with van der Waals surface area (Å²) in [5, 5.41) is 13.4. The van der Waals surface area contributed by atoms with Crippen LogP contribution in [0.25, 0.3) is 17.4 Å². The van der Waals surface area contributed by atoms with Crippen LogP contribution in [0.1, 0.15) is 31.1 Å². The number of carbonyl (C=O) groups excluding carboxylic acids is 2. The minimum absolute atomic E-state index is 0.00506. The van der Waals surface area contributed by atoms with Crippen LogP contribution in [0, 0.1) is 10.1 Å². The van der Waals surface area contributed by atoms with Crippen molar-refractivity contribution >= 4 is 46.6 Å². The second-order valence-electron chi connectivity index (χ2n) is 7.71. The highest BCUT2D eigenvalue weighted by Crippen LogP contribution is 2.28. The van der Waals surface area contributed by atoms with Crippen LogP contribution in [-0.2, 0) is 9.59 Å². The summed E-state index contributed by atoms with van der Waals surface area (Å²) in [6, 6.07) is 16.5. The van der Waals surface area contributed by atoms with Gasteiger partial charge in [-0.05, 0) is 66.2 Å². The van der Waals surface area contributed by atoms with Gasteiger partial charge in [-0.3, -0.25) is 29.9 Å². The van der Waals surface area contributed by atoms with Crippen molar-refractivity contribution in [2.24, 2.45) is 0 Å². The van der Waals surface area contributed by atoms with Gasteiger partial charge in [0.15, 0.2) is 5.11 Å². The lowest BCUT2D eigenvalue weighted by Gasteiger charge is -2.29. The standard InChI is InChI=1S/C24H19N3O5S/c1-14(2)15-3-7-17(8-4-15)26-23(29)20(22(28)25-24(26)33)13-19-11-12-21(32-19)16-5-9-18(10-6-16)27(30)31/h3-14H,1-2H3,(H,25,28,33)/b20-13-. The maximum atomic E-state index is 13.2. The van der Waals surface area contributed by atoms with E-state index >= 15 is 0 Å². The van der Waals surface area contributed by atoms with Crippen molar-refractivity contribution in [1.82, 2.24) is 5.32 Å². The number of furan rings is 1. The fourth-order valence-corrected chi connectivity index (χ4v) is 3.66. The van der Waals surface area contributed by atoms with E-state index in [2.05, 4.69) is 19.2 Å². The number of non-ortho nitro benzene ring substituents is 1. The zero-order valence-electron chi connectivity index (χ0n) is 17.8.